The third-order valence-corrected chi connectivity index (χ3v) is 3.12. The second kappa shape index (κ2) is 4.11. The van der Waals surface area contributed by atoms with Gasteiger partial charge in [0.1, 0.15) is 5.69 Å². The molecule has 0 aliphatic rings. The van der Waals surface area contributed by atoms with Crippen LogP contribution in [-0.2, 0) is 0 Å². The van der Waals surface area contributed by atoms with Crippen molar-refractivity contribution in [2.75, 3.05) is 5.73 Å². The van der Waals surface area contributed by atoms with Crippen LogP contribution in [0.2, 0.25) is 0 Å². The van der Waals surface area contributed by atoms with Crippen LogP contribution < -0.4 is 5.73 Å². The van der Waals surface area contributed by atoms with E-state index < -0.39 is 0 Å². The van der Waals surface area contributed by atoms with Crippen LogP contribution in [0.4, 0.5) is 5.82 Å². The first kappa shape index (κ1) is 10.7. The Labute approximate surface area is 105 Å². The Kier molecular flexibility index (Phi) is 2.45. The van der Waals surface area contributed by atoms with Gasteiger partial charge in [-0.05, 0) is 12.5 Å². The molecule has 0 aliphatic carbocycles. The van der Waals surface area contributed by atoms with E-state index in [1.165, 1.54) is 5.56 Å². The first-order valence-electron chi connectivity index (χ1n) is 5.84. The highest BCUT2D eigenvalue weighted by molar-refractivity contribution is 5.99. The first-order valence-corrected chi connectivity index (χ1v) is 5.84. The molecule has 1 aromatic heterocycles. The monoisotopic (exact) mass is 235 g/mol. The zero-order valence-corrected chi connectivity index (χ0v) is 10.1. The Balaban J connectivity index is 2.38. The van der Waals surface area contributed by atoms with Crippen molar-refractivity contribution < 1.29 is 0 Å². The van der Waals surface area contributed by atoms with Crippen molar-refractivity contribution in [3.05, 3.63) is 54.1 Å². The number of nitrogens with zero attached hydrogens (tertiary/aromatic N) is 2. The predicted octanol–water partition coefficient (Wildman–Crippen LogP) is 3.19. The van der Waals surface area contributed by atoms with E-state index in [-0.39, 0.29) is 0 Å². The second-order valence-electron chi connectivity index (χ2n) is 4.29. The SMILES string of the molecule is Cc1ccccc1-c1nnc(N)c2ccccc12. The van der Waals surface area contributed by atoms with E-state index in [9.17, 15) is 0 Å². The second-order valence-corrected chi connectivity index (χ2v) is 4.29. The third-order valence-electron chi connectivity index (χ3n) is 3.12. The Morgan fingerprint density at radius 2 is 1.50 bits per heavy atom. The molecule has 0 spiro atoms. The molecule has 2 aromatic carbocycles. The smallest absolute Gasteiger partial charge is 0.154 e. The van der Waals surface area contributed by atoms with Gasteiger partial charge in [0.25, 0.3) is 0 Å². The van der Waals surface area contributed by atoms with Crippen molar-refractivity contribution in [2.24, 2.45) is 0 Å². The van der Waals surface area contributed by atoms with Gasteiger partial charge < -0.3 is 5.73 Å². The molecule has 0 aliphatic heterocycles. The van der Waals surface area contributed by atoms with Crippen LogP contribution in [0.3, 0.4) is 0 Å². The Morgan fingerprint density at radius 3 is 2.28 bits per heavy atom. The van der Waals surface area contributed by atoms with Gasteiger partial charge in [-0.25, -0.2) is 0 Å². The number of anilines is 1. The topological polar surface area (TPSA) is 51.8 Å². The highest BCUT2D eigenvalue weighted by Gasteiger charge is 2.10. The van der Waals surface area contributed by atoms with Crippen LogP contribution in [0.5, 0.6) is 0 Å². The quantitative estimate of drug-likeness (QED) is 0.704. The molecule has 3 rings (SSSR count). The van der Waals surface area contributed by atoms with Crippen molar-refractivity contribution in [3.63, 3.8) is 0 Å². The van der Waals surface area contributed by atoms with Crippen molar-refractivity contribution in [3.8, 4) is 11.3 Å². The summed E-state index contributed by atoms with van der Waals surface area (Å²) >= 11 is 0. The highest BCUT2D eigenvalue weighted by Crippen LogP contribution is 2.29. The van der Waals surface area contributed by atoms with Crippen LogP contribution >= 0.6 is 0 Å². The van der Waals surface area contributed by atoms with Crippen LogP contribution in [0.25, 0.3) is 22.0 Å². The van der Waals surface area contributed by atoms with Gasteiger partial charge in [-0.15, -0.1) is 10.2 Å². The maximum Gasteiger partial charge on any atom is 0.154 e. The number of hydrogen-bond acceptors (Lipinski definition) is 3. The fourth-order valence-corrected chi connectivity index (χ4v) is 2.16. The molecule has 2 N–H and O–H groups in total. The zero-order chi connectivity index (χ0) is 12.5. The van der Waals surface area contributed by atoms with Gasteiger partial charge in [-0.2, -0.15) is 0 Å². The van der Waals surface area contributed by atoms with E-state index >= 15 is 0 Å². The van der Waals surface area contributed by atoms with Gasteiger partial charge in [0.05, 0.1) is 0 Å². The van der Waals surface area contributed by atoms with Gasteiger partial charge in [0.2, 0.25) is 0 Å². The van der Waals surface area contributed by atoms with E-state index in [0.717, 1.165) is 22.0 Å². The Morgan fingerprint density at radius 1 is 0.833 bits per heavy atom. The average Bonchev–Trinajstić information content (AvgIpc) is 2.41. The summed E-state index contributed by atoms with van der Waals surface area (Å²) in [7, 11) is 0. The molecule has 3 aromatic rings. The number of rotatable bonds is 1. The highest BCUT2D eigenvalue weighted by atomic mass is 15.1. The molecule has 0 saturated carbocycles. The zero-order valence-electron chi connectivity index (χ0n) is 10.1. The van der Waals surface area contributed by atoms with Crippen molar-refractivity contribution in [1.29, 1.82) is 0 Å². The molecular weight excluding hydrogens is 222 g/mol. The fraction of sp³-hybridized carbons (Fsp3) is 0.0667. The lowest BCUT2D eigenvalue weighted by molar-refractivity contribution is 1.06. The first-order chi connectivity index (χ1) is 8.77. The summed E-state index contributed by atoms with van der Waals surface area (Å²) in [6.07, 6.45) is 0. The molecule has 1 heterocycles. The number of nitrogens with two attached hydrogens (primary N) is 1. The standard InChI is InChI=1S/C15H13N3/c1-10-6-2-3-7-11(10)14-12-8-4-5-9-13(12)15(16)18-17-14/h2-9H,1H3,(H2,16,18). The lowest BCUT2D eigenvalue weighted by Crippen LogP contribution is -1.98. The van der Waals surface area contributed by atoms with Gasteiger partial charge in [-0.3, -0.25) is 0 Å². The van der Waals surface area contributed by atoms with Crippen molar-refractivity contribution >= 4 is 16.6 Å². The van der Waals surface area contributed by atoms with Crippen LogP contribution in [0.15, 0.2) is 48.5 Å². The van der Waals surface area contributed by atoms with Crippen LogP contribution in [0.1, 0.15) is 5.56 Å². The molecule has 0 amide bonds. The fourth-order valence-electron chi connectivity index (χ4n) is 2.16. The maximum atomic E-state index is 5.87. The average molecular weight is 235 g/mol. The van der Waals surface area contributed by atoms with Gasteiger partial charge in [-0.1, -0.05) is 48.5 Å². The summed E-state index contributed by atoms with van der Waals surface area (Å²) < 4.78 is 0. The number of aromatic nitrogens is 2. The summed E-state index contributed by atoms with van der Waals surface area (Å²) in [6.45, 7) is 2.07. The molecule has 0 radical (unpaired) electrons. The Bertz CT molecular complexity index is 720. The molecule has 0 saturated heterocycles. The summed E-state index contributed by atoms with van der Waals surface area (Å²) in [5.74, 6) is 0.475. The van der Waals surface area contributed by atoms with E-state index in [0.29, 0.717) is 5.82 Å². The predicted molar refractivity (Wildman–Crippen MR) is 74.1 cm³/mol. The molecule has 0 atom stereocenters. The number of benzene rings is 2. The minimum Gasteiger partial charge on any atom is -0.382 e. The third kappa shape index (κ3) is 1.61. The van der Waals surface area contributed by atoms with Crippen LogP contribution in [0, 0.1) is 6.92 Å². The van der Waals surface area contributed by atoms with Gasteiger partial charge in [0.15, 0.2) is 5.82 Å². The summed E-state index contributed by atoms with van der Waals surface area (Å²) in [5.41, 5.74) is 9.04. The summed E-state index contributed by atoms with van der Waals surface area (Å²) in [4.78, 5) is 0. The molecule has 0 unspecified atom stereocenters. The molecule has 0 bridgehead atoms. The van der Waals surface area contributed by atoms with Crippen molar-refractivity contribution in [1.82, 2.24) is 10.2 Å². The lowest BCUT2D eigenvalue weighted by Gasteiger charge is -2.08. The molecule has 18 heavy (non-hydrogen) atoms. The molecule has 88 valence electrons. The van der Waals surface area contributed by atoms with Crippen molar-refractivity contribution in [2.45, 2.75) is 6.92 Å². The molecule has 3 heteroatoms. The van der Waals surface area contributed by atoms with E-state index in [4.69, 9.17) is 5.73 Å². The number of nitrogen functional groups attached to an aromatic ring is 1. The molecule has 0 fully saturated rings. The van der Waals surface area contributed by atoms with E-state index in [1.54, 1.807) is 0 Å². The van der Waals surface area contributed by atoms with E-state index in [2.05, 4.69) is 29.3 Å². The lowest BCUT2D eigenvalue weighted by atomic mass is 10.0. The number of fused-ring (bicyclic) bond motifs is 1. The largest absolute Gasteiger partial charge is 0.382 e. The van der Waals surface area contributed by atoms with Crippen LogP contribution in [-0.4, -0.2) is 10.2 Å². The summed E-state index contributed by atoms with van der Waals surface area (Å²) in [5, 5.41) is 10.3. The minimum atomic E-state index is 0.475. The van der Waals surface area contributed by atoms with Gasteiger partial charge >= 0.3 is 0 Å². The Hall–Kier alpha value is -2.42. The maximum absolute atomic E-state index is 5.87. The normalized spacial score (nSPS) is 10.7. The minimum absolute atomic E-state index is 0.475. The molecular formula is C15H13N3. The number of hydrogen-bond donors (Lipinski definition) is 1. The van der Waals surface area contributed by atoms with E-state index in [1.807, 2.05) is 36.4 Å². The summed E-state index contributed by atoms with van der Waals surface area (Å²) in [6, 6.07) is 16.1. The molecule has 3 nitrogen and oxygen atoms in total. The number of aryl methyl sites for hydroxylation is 1. The van der Waals surface area contributed by atoms with Gasteiger partial charge in [0, 0.05) is 16.3 Å².